The van der Waals surface area contributed by atoms with E-state index < -0.39 is 5.97 Å². The Balaban J connectivity index is 2.03. The van der Waals surface area contributed by atoms with E-state index in [2.05, 4.69) is 15.9 Å². The van der Waals surface area contributed by atoms with E-state index in [1.165, 1.54) is 0 Å². The van der Waals surface area contributed by atoms with Crippen LogP contribution in [0.15, 0.2) is 16.6 Å². The highest BCUT2D eigenvalue weighted by Gasteiger charge is 2.19. The third kappa shape index (κ3) is 3.39. The van der Waals surface area contributed by atoms with Crippen molar-refractivity contribution in [1.82, 2.24) is 4.90 Å². The molecule has 0 bridgehead atoms. The van der Waals surface area contributed by atoms with Gasteiger partial charge in [-0.3, -0.25) is 4.79 Å². The number of halogens is 1. The molecule has 1 unspecified atom stereocenters. The third-order valence-electron chi connectivity index (χ3n) is 2.95. The molecule has 19 heavy (non-hydrogen) atoms. The Morgan fingerprint density at radius 2 is 2.26 bits per heavy atom. The SMILES string of the molecule is CC(CN(C)Cc1cc(Br)c2c(c1)OCO2)C(=O)O. The van der Waals surface area contributed by atoms with Crippen molar-refractivity contribution in [3.63, 3.8) is 0 Å². The number of benzene rings is 1. The molecule has 6 heteroatoms. The molecule has 1 heterocycles. The highest BCUT2D eigenvalue weighted by atomic mass is 79.9. The summed E-state index contributed by atoms with van der Waals surface area (Å²) in [5, 5.41) is 8.90. The largest absolute Gasteiger partial charge is 0.481 e. The van der Waals surface area contributed by atoms with E-state index in [4.69, 9.17) is 14.6 Å². The minimum absolute atomic E-state index is 0.239. The lowest BCUT2D eigenvalue weighted by atomic mass is 10.1. The average molecular weight is 330 g/mol. The van der Waals surface area contributed by atoms with E-state index >= 15 is 0 Å². The van der Waals surface area contributed by atoms with E-state index in [9.17, 15) is 4.79 Å². The van der Waals surface area contributed by atoms with Gasteiger partial charge >= 0.3 is 5.97 Å². The van der Waals surface area contributed by atoms with Crippen LogP contribution >= 0.6 is 15.9 Å². The maximum absolute atomic E-state index is 10.8. The number of nitrogens with zero attached hydrogens (tertiary/aromatic N) is 1. The second-order valence-corrected chi connectivity index (χ2v) is 5.60. The number of carbonyl (C=O) groups is 1. The molecule has 0 aliphatic carbocycles. The summed E-state index contributed by atoms with van der Waals surface area (Å²) < 4.78 is 11.5. The maximum atomic E-state index is 10.8. The van der Waals surface area contributed by atoms with Gasteiger partial charge in [0.15, 0.2) is 11.5 Å². The first kappa shape index (κ1) is 14.1. The molecule has 0 saturated carbocycles. The van der Waals surface area contributed by atoms with Crippen molar-refractivity contribution in [3.05, 3.63) is 22.2 Å². The lowest BCUT2D eigenvalue weighted by Crippen LogP contribution is -2.28. The normalized spacial score (nSPS) is 14.7. The molecule has 1 aliphatic rings. The molecule has 1 N–H and O–H groups in total. The third-order valence-corrected chi connectivity index (χ3v) is 3.54. The fourth-order valence-corrected chi connectivity index (χ4v) is 2.64. The zero-order valence-corrected chi connectivity index (χ0v) is 12.4. The van der Waals surface area contributed by atoms with Gasteiger partial charge in [0.1, 0.15) is 0 Å². The number of carboxylic acids is 1. The van der Waals surface area contributed by atoms with E-state index in [-0.39, 0.29) is 12.7 Å². The zero-order chi connectivity index (χ0) is 14.0. The van der Waals surface area contributed by atoms with Crippen LogP contribution < -0.4 is 9.47 Å². The summed E-state index contributed by atoms with van der Waals surface area (Å²) in [5.41, 5.74) is 1.05. The first-order chi connectivity index (χ1) is 8.97. The first-order valence-electron chi connectivity index (χ1n) is 5.96. The van der Waals surface area contributed by atoms with Crippen molar-refractivity contribution in [3.8, 4) is 11.5 Å². The molecular weight excluding hydrogens is 314 g/mol. The summed E-state index contributed by atoms with van der Waals surface area (Å²) in [7, 11) is 1.90. The van der Waals surface area contributed by atoms with E-state index in [0.717, 1.165) is 21.5 Å². The fourth-order valence-electron chi connectivity index (χ4n) is 2.03. The molecular formula is C13H16BrNO4. The van der Waals surface area contributed by atoms with Crippen LogP contribution in [0.3, 0.4) is 0 Å². The topological polar surface area (TPSA) is 59.0 Å². The standard InChI is InChI=1S/C13H16BrNO4/c1-8(13(16)17)5-15(2)6-9-3-10(14)12-11(4-9)18-7-19-12/h3-4,8H,5-7H2,1-2H3,(H,16,17). The Bertz CT molecular complexity index is 492. The Morgan fingerprint density at radius 1 is 1.53 bits per heavy atom. The molecule has 2 rings (SSSR count). The monoisotopic (exact) mass is 329 g/mol. The van der Waals surface area contributed by atoms with Crippen LogP contribution in [0.1, 0.15) is 12.5 Å². The summed E-state index contributed by atoms with van der Waals surface area (Å²) in [5.74, 6) is 0.288. The second kappa shape index (κ2) is 5.79. The van der Waals surface area contributed by atoms with E-state index in [1.54, 1.807) is 6.92 Å². The van der Waals surface area contributed by atoms with Gasteiger partial charge in [0.25, 0.3) is 0 Å². The Hall–Kier alpha value is -1.27. The van der Waals surface area contributed by atoms with Crippen molar-refractivity contribution in [2.24, 2.45) is 5.92 Å². The van der Waals surface area contributed by atoms with E-state index in [0.29, 0.717) is 13.1 Å². The molecule has 104 valence electrons. The average Bonchev–Trinajstić information content (AvgIpc) is 2.77. The van der Waals surface area contributed by atoms with Gasteiger partial charge in [-0.1, -0.05) is 6.92 Å². The van der Waals surface area contributed by atoms with Crippen molar-refractivity contribution in [1.29, 1.82) is 0 Å². The lowest BCUT2D eigenvalue weighted by Gasteiger charge is -2.19. The number of rotatable bonds is 5. The molecule has 1 aromatic carbocycles. The quantitative estimate of drug-likeness (QED) is 0.898. The molecule has 0 radical (unpaired) electrons. The highest BCUT2D eigenvalue weighted by Crippen LogP contribution is 2.40. The first-order valence-corrected chi connectivity index (χ1v) is 6.76. The number of carboxylic acid groups (broad SMARTS) is 1. The summed E-state index contributed by atoms with van der Waals surface area (Å²) in [4.78, 5) is 12.8. The smallest absolute Gasteiger partial charge is 0.307 e. The van der Waals surface area contributed by atoms with Gasteiger partial charge in [0.05, 0.1) is 10.4 Å². The minimum atomic E-state index is -0.779. The van der Waals surface area contributed by atoms with Gasteiger partial charge in [-0.05, 0) is 40.7 Å². The van der Waals surface area contributed by atoms with Crippen molar-refractivity contribution in [2.75, 3.05) is 20.4 Å². The summed E-state index contributed by atoms with van der Waals surface area (Å²) >= 11 is 3.44. The Labute approximate surface area is 120 Å². The van der Waals surface area contributed by atoms with Crippen LogP contribution in [0.2, 0.25) is 0 Å². The molecule has 0 spiro atoms. The number of hydrogen-bond donors (Lipinski definition) is 1. The van der Waals surface area contributed by atoms with Crippen molar-refractivity contribution < 1.29 is 19.4 Å². The van der Waals surface area contributed by atoms with Crippen LogP contribution in [-0.4, -0.2) is 36.4 Å². The van der Waals surface area contributed by atoms with Crippen LogP contribution in [0.4, 0.5) is 0 Å². The Morgan fingerprint density at radius 3 is 2.95 bits per heavy atom. The minimum Gasteiger partial charge on any atom is -0.481 e. The Kier molecular flexibility index (Phi) is 4.31. The lowest BCUT2D eigenvalue weighted by molar-refractivity contribution is -0.141. The number of hydrogen-bond acceptors (Lipinski definition) is 4. The molecule has 1 aromatic rings. The molecule has 0 aromatic heterocycles. The molecule has 0 saturated heterocycles. The number of fused-ring (bicyclic) bond motifs is 1. The van der Waals surface area contributed by atoms with Gasteiger partial charge in [0, 0.05) is 13.1 Å². The molecule has 5 nitrogen and oxygen atoms in total. The maximum Gasteiger partial charge on any atom is 0.307 e. The number of aliphatic carboxylic acids is 1. The molecule has 1 aliphatic heterocycles. The fraction of sp³-hybridized carbons (Fsp3) is 0.462. The molecule has 1 atom stereocenters. The predicted molar refractivity (Wildman–Crippen MR) is 73.4 cm³/mol. The zero-order valence-electron chi connectivity index (χ0n) is 10.9. The molecule has 0 amide bonds. The summed E-state index contributed by atoms with van der Waals surface area (Å²) in [6, 6.07) is 3.89. The van der Waals surface area contributed by atoms with Crippen LogP contribution in [0.5, 0.6) is 11.5 Å². The summed E-state index contributed by atoms with van der Waals surface area (Å²) in [6.45, 7) is 3.10. The molecule has 0 fully saturated rings. The van der Waals surface area contributed by atoms with Gasteiger partial charge in [0.2, 0.25) is 6.79 Å². The van der Waals surface area contributed by atoms with E-state index in [1.807, 2.05) is 24.1 Å². The summed E-state index contributed by atoms with van der Waals surface area (Å²) in [6.07, 6.45) is 0. The van der Waals surface area contributed by atoms with Crippen LogP contribution in [0, 0.1) is 5.92 Å². The highest BCUT2D eigenvalue weighted by molar-refractivity contribution is 9.10. The van der Waals surface area contributed by atoms with Crippen molar-refractivity contribution in [2.45, 2.75) is 13.5 Å². The van der Waals surface area contributed by atoms with Gasteiger partial charge in [-0.15, -0.1) is 0 Å². The van der Waals surface area contributed by atoms with Gasteiger partial charge < -0.3 is 19.5 Å². The van der Waals surface area contributed by atoms with Gasteiger partial charge in [-0.2, -0.15) is 0 Å². The van der Waals surface area contributed by atoms with Crippen LogP contribution in [-0.2, 0) is 11.3 Å². The van der Waals surface area contributed by atoms with Crippen LogP contribution in [0.25, 0.3) is 0 Å². The second-order valence-electron chi connectivity index (χ2n) is 4.75. The number of ether oxygens (including phenoxy) is 2. The van der Waals surface area contributed by atoms with Gasteiger partial charge in [-0.25, -0.2) is 0 Å². The predicted octanol–water partition coefficient (Wildman–Crippen LogP) is 2.33. The van der Waals surface area contributed by atoms with Crippen molar-refractivity contribution >= 4 is 21.9 Å².